The molecule has 8 heteroatoms. The average Bonchev–Trinajstić information content (AvgIpc) is 3.03. The first kappa shape index (κ1) is 18.6. The number of imide groups is 1. The minimum Gasteiger partial charge on any atom is -0.478 e. The molecule has 1 N–H and O–H groups in total. The van der Waals surface area contributed by atoms with Crippen molar-refractivity contribution in [1.82, 2.24) is 5.01 Å². The van der Waals surface area contributed by atoms with Crippen LogP contribution in [0.4, 0.5) is 0 Å². The topological polar surface area (TPSA) is 100 Å². The van der Waals surface area contributed by atoms with Crippen molar-refractivity contribution in [2.24, 2.45) is 34.2 Å². The molecule has 1 spiro atoms. The second kappa shape index (κ2) is 6.17. The molecule has 2 saturated carbocycles. The van der Waals surface area contributed by atoms with Crippen LogP contribution in [0.25, 0.3) is 11.3 Å². The van der Waals surface area contributed by atoms with E-state index in [1.54, 1.807) is 18.2 Å². The summed E-state index contributed by atoms with van der Waals surface area (Å²) >= 11 is 5.91. The number of benzene rings is 1. The van der Waals surface area contributed by atoms with Crippen molar-refractivity contribution in [3.05, 3.63) is 58.8 Å². The SMILES string of the molecule is O=C(O)c1cc(-c2ccc(/C=N/N3C(=O)C4C(C3=O)C3C=CC4C34CC4)o2)ccc1Cl. The van der Waals surface area contributed by atoms with Crippen molar-refractivity contribution in [2.45, 2.75) is 12.8 Å². The number of rotatable bonds is 4. The molecule has 3 aliphatic carbocycles. The summed E-state index contributed by atoms with van der Waals surface area (Å²) in [6.45, 7) is 0. The molecule has 2 amide bonds. The van der Waals surface area contributed by atoms with E-state index in [0.717, 1.165) is 17.9 Å². The molecule has 4 unspecified atom stereocenters. The molecule has 0 radical (unpaired) electrons. The predicted molar refractivity (Wildman–Crippen MR) is 110 cm³/mol. The first-order chi connectivity index (χ1) is 14.9. The normalized spacial score (nSPS) is 29.5. The third-order valence-corrected chi connectivity index (χ3v) is 7.57. The molecule has 6 rings (SSSR count). The summed E-state index contributed by atoms with van der Waals surface area (Å²) in [6, 6.07) is 7.88. The second-order valence-corrected chi connectivity index (χ2v) is 9.06. The molecular formula is C23H17ClN2O5. The fraction of sp³-hybridized carbons (Fsp3) is 0.304. The number of hydrogen-bond acceptors (Lipinski definition) is 5. The number of carboxylic acid groups (broad SMARTS) is 1. The standard InChI is InChI=1S/C23H17ClN2O5/c24-16-5-1-11(9-13(16)22(29)30)17-6-2-12(31-17)10-25-26-20(27)18-14-3-4-15(19(18)21(26)28)23(14)7-8-23/h1-6,9-10,14-15,18-19H,7-8H2,(H,29,30)/b25-10+. The number of allylic oxidation sites excluding steroid dienone is 2. The lowest BCUT2D eigenvalue weighted by Crippen LogP contribution is -2.30. The van der Waals surface area contributed by atoms with E-state index in [9.17, 15) is 19.5 Å². The number of amides is 2. The number of carbonyl (C=O) groups is 3. The summed E-state index contributed by atoms with van der Waals surface area (Å²) in [6.07, 6.45) is 7.77. The van der Waals surface area contributed by atoms with Crippen LogP contribution in [0, 0.1) is 29.1 Å². The highest BCUT2D eigenvalue weighted by Gasteiger charge is 2.73. The van der Waals surface area contributed by atoms with Crippen LogP contribution >= 0.6 is 11.6 Å². The zero-order chi connectivity index (χ0) is 21.5. The van der Waals surface area contributed by atoms with Gasteiger partial charge >= 0.3 is 5.97 Å². The van der Waals surface area contributed by atoms with Gasteiger partial charge in [0.25, 0.3) is 11.8 Å². The van der Waals surface area contributed by atoms with Crippen molar-refractivity contribution >= 4 is 35.6 Å². The Kier molecular flexibility index (Phi) is 3.69. The van der Waals surface area contributed by atoms with E-state index in [1.807, 2.05) is 0 Å². The lowest BCUT2D eigenvalue weighted by Gasteiger charge is -2.18. The Morgan fingerprint density at radius 3 is 2.42 bits per heavy atom. The molecule has 3 fully saturated rings. The van der Waals surface area contributed by atoms with Gasteiger partial charge in [0.05, 0.1) is 28.6 Å². The third kappa shape index (κ3) is 2.47. The summed E-state index contributed by atoms with van der Waals surface area (Å²) in [5.41, 5.74) is 0.670. The number of fused-ring (bicyclic) bond motifs is 3. The van der Waals surface area contributed by atoms with E-state index in [4.69, 9.17) is 16.0 Å². The molecule has 4 aliphatic rings. The Labute approximate surface area is 182 Å². The first-order valence-electron chi connectivity index (χ1n) is 10.1. The molecule has 2 bridgehead atoms. The molecule has 2 heterocycles. The van der Waals surface area contributed by atoms with Crippen molar-refractivity contribution in [2.75, 3.05) is 0 Å². The highest BCUT2D eigenvalue weighted by Crippen LogP contribution is 2.73. The van der Waals surface area contributed by atoms with Gasteiger partial charge in [-0.1, -0.05) is 23.8 Å². The molecule has 7 nitrogen and oxygen atoms in total. The van der Waals surface area contributed by atoms with Gasteiger partial charge in [0, 0.05) is 5.56 Å². The van der Waals surface area contributed by atoms with Gasteiger partial charge in [0.1, 0.15) is 11.5 Å². The molecule has 4 atom stereocenters. The Morgan fingerprint density at radius 2 is 1.81 bits per heavy atom. The number of hydrazone groups is 1. The van der Waals surface area contributed by atoms with Crippen LogP contribution in [0.5, 0.6) is 0 Å². The summed E-state index contributed by atoms with van der Waals surface area (Å²) in [5, 5.41) is 14.5. The summed E-state index contributed by atoms with van der Waals surface area (Å²) < 4.78 is 5.72. The Hall–Kier alpha value is -3.19. The van der Waals surface area contributed by atoms with Crippen LogP contribution in [0.2, 0.25) is 5.02 Å². The number of carbonyl (C=O) groups excluding carboxylic acids is 2. The third-order valence-electron chi connectivity index (χ3n) is 7.24. The van der Waals surface area contributed by atoms with E-state index in [-0.39, 0.29) is 51.5 Å². The largest absolute Gasteiger partial charge is 0.478 e. The number of hydrogen-bond donors (Lipinski definition) is 1. The van der Waals surface area contributed by atoms with Crippen LogP contribution in [0.15, 0.2) is 52.0 Å². The van der Waals surface area contributed by atoms with E-state index in [1.165, 1.54) is 18.3 Å². The highest BCUT2D eigenvalue weighted by atomic mass is 35.5. The van der Waals surface area contributed by atoms with Crippen molar-refractivity contribution in [1.29, 1.82) is 0 Å². The maximum Gasteiger partial charge on any atom is 0.337 e. The molecule has 31 heavy (non-hydrogen) atoms. The van der Waals surface area contributed by atoms with Crippen LogP contribution < -0.4 is 0 Å². The Bertz CT molecular complexity index is 1190. The maximum atomic E-state index is 12.9. The number of aromatic carboxylic acids is 1. The van der Waals surface area contributed by atoms with Crippen molar-refractivity contribution in [3.8, 4) is 11.3 Å². The fourth-order valence-corrected chi connectivity index (χ4v) is 5.91. The highest BCUT2D eigenvalue weighted by molar-refractivity contribution is 6.33. The molecule has 1 aromatic heterocycles. The summed E-state index contributed by atoms with van der Waals surface area (Å²) in [7, 11) is 0. The van der Waals surface area contributed by atoms with Crippen molar-refractivity contribution in [3.63, 3.8) is 0 Å². The van der Waals surface area contributed by atoms with Crippen LogP contribution in [0.3, 0.4) is 0 Å². The van der Waals surface area contributed by atoms with Gasteiger partial charge < -0.3 is 9.52 Å². The summed E-state index contributed by atoms with van der Waals surface area (Å²) in [5.74, 6) is -1.10. The first-order valence-corrected chi connectivity index (χ1v) is 10.5. The molecule has 1 saturated heterocycles. The zero-order valence-corrected chi connectivity index (χ0v) is 17.0. The lowest BCUT2D eigenvalue weighted by molar-refractivity contribution is -0.141. The fourth-order valence-electron chi connectivity index (χ4n) is 5.71. The number of halogens is 1. The average molecular weight is 437 g/mol. The lowest BCUT2D eigenvalue weighted by atomic mass is 9.85. The van der Waals surface area contributed by atoms with Crippen molar-refractivity contribution < 1.29 is 23.9 Å². The second-order valence-electron chi connectivity index (χ2n) is 8.66. The van der Waals surface area contributed by atoms with Gasteiger partial charge in [0.2, 0.25) is 0 Å². The molecule has 1 aliphatic heterocycles. The van der Waals surface area contributed by atoms with Gasteiger partial charge in [-0.25, -0.2) is 4.79 Å². The van der Waals surface area contributed by atoms with E-state index < -0.39 is 5.97 Å². The van der Waals surface area contributed by atoms with Gasteiger partial charge in [-0.2, -0.15) is 10.1 Å². The van der Waals surface area contributed by atoms with E-state index in [2.05, 4.69) is 17.3 Å². The molecule has 156 valence electrons. The molecule has 1 aromatic carbocycles. The van der Waals surface area contributed by atoms with Gasteiger partial charge in [-0.3, -0.25) is 9.59 Å². The van der Waals surface area contributed by atoms with Crippen LogP contribution in [-0.2, 0) is 9.59 Å². The monoisotopic (exact) mass is 436 g/mol. The van der Waals surface area contributed by atoms with Gasteiger partial charge in [0.15, 0.2) is 0 Å². The van der Waals surface area contributed by atoms with Gasteiger partial charge in [-0.05, 0) is 60.4 Å². The Morgan fingerprint density at radius 1 is 1.13 bits per heavy atom. The predicted octanol–water partition coefficient (Wildman–Crippen LogP) is 3.83. The minimum absolute atomic E-state index is 0.0257. The van der Waals surface area contributed by atoms with E-state index in [0.29, 0.717) is 17.1 Å². The number of nitrogens with zero attached hydrogens (tertiary/aromatic N) is 2. The number of carboxylic acids is 1. The van der Waals surface area contributed by atoms with Crippen LogP contribution in [-0.4, -0.2) is 34.1 Å². The molecule has 2 aromatic rings. The summed E-state index contributed by atoms with van der Waals surface area (Å²) in [4.78, 5) is 37.2. The quantitative estimate of drug-likeness (QED) is 0.446. The van der Waals surface area contributed by atoms with Gasteiger partial charge in [-0.15, -0.1) is 0 Å². The Balaban J connectivity index is 1.23. The maximum absolute atomic E-state index is 12.9. The molecular weight excluding hydrogens is 420 g/mol. The van der Waals surface area contributed by atoms with Crippen LogP contribution in [0.1, 0.15) is 29.0 Å². The number of furan rings is 1. The zero-order valence-electron chi connectivity index (χ0n) is 16.2. The van der Waals surface area contributed by atoms with E-state index >= 15 is 0 Å². The minimum atomic E-state index is -1.13. The smallest absolute Gasteiger partial charge is 0.337 e.